The molecular formula is C28H22N2O4. The minimum atomic E-state index is 0.146. The molecule has 34 heavy (non-hydrogen) atoms. The Hall–Kier alpha value is -4.68. The molecule has 0 saturated carbocycles. The van der Waals surface area contributed by atoms with Crippen LogP contribution in [0.3, 0.4) is 0 Å². The van der Waals surface area contributed by atoms with Gasteiger partial charge in [0, 0.05) is 10.8 Å². The third-order valence-corrected chi connectivity index (χ3v) is 5.78. The average molecular weight is 450 g/mol. The quantitative estimate of drug-likeness (QED) is 0.361. The number of hydrogen-bond acceptors (Lipinski definition) is 6. The molecule has 0 radical (unpaired) electrons. The van der Waals surface area contributed by atoms with Gasteiger partial charge in [-0.2, -0.15) is 10.5 Å². The second-order valence-electron chi connectivity index (χ2n) is 7.44. The summed E-state index contributed by atoms with van der Waals surface area (Å²) in [6.07, 6.45) is 0. The highest BCUT2D eigenvalue weighted by Gasteiger charge is 2.23. The fourth-order valence-electron chi connectivity index (χ4n) is 4.13. The highest BCUT2D eigenvalue weighted by Crippen LogP contribution is 2.45. The number of methoxy groups -OCH3 is 4. The standard InChI is InChI=1S/C28H22N2O4/c1-31-19-9-5-17(6-10-19)21-13-23-24(14-22(21)18-7-11-20(32-2)12-8-18)28(34-4)26(16-30)25(15-29)27(23)33-3/h5-14H,1-4H3. The van der Waals surface area contributed by atoms with Crippen molar-refractivity contribution >= 4 is 10.8 Å². The molecule has 0 aliphatic carbocycles. The topological polar surface area (TPSA) is 84.5 Å². The summed E-state index contributed by atoms with van der Waals surface area (Å²) in [5, 5.41) is 21.0. The zero-order chi connectivity index (χ0) is 24.2. The predicted molar refractivity (Wildman–Crippen MR) is 130 cm³/mol. The Morgan fingerprint density at radius 1 is 0.529 bits per heavy atom. The summed E-state index contributed by atoms with van der Waals surface area (Å²) in [6.45, 7) is 0. The van der Waals surface area contributed by atoms with Crippen molar-refractivity contribution in [2.75, 3.05) is 28.4 Å². The van der Waals surface area contributed by atoms with E-state index >= 15 is 0 Å². The van der Waals surface area contributed by atoms with Gasteiger partial charge < -0.3 is 18.9 Å². The van der Waals surface area contributed by atoms with E-state index in [1.807, 2.05) is 60.7 Å². The Morgan fingerprint density at radius 3 is 1.15 bits per heavy atom. The van der Waals surface area contributed by atoms with Gasteiger partial charge in [-0.05, 0) is 58.7 Å². The number of fused-ring (bicyclic) bond motifs is 1. The normalized spacial score (nSPS) is 10.3. The molecule has 0 aliphatic heterocycles. The van der Waals surface area contributed by atoms with E-state index in [1.165, 1.54) is 14.2 Å². The number of rotatable bonds is 6. The summed E-state index contributed by atoms with van der Waals surface area (Å²) in [5.74, 6) is 2.18. The number of benzene rings is 4. The van der Waals surface area contributed by atoms with Crippen LogP contribution < -0.4 is 18.9 Å². The molecule has 0 amide bonds. The lowest BCUT2D eigenvalue weighted by Gasteiger charge is -2.18. The second-order valence-corrected chi connectivity index (χ2v) is 7.44. The van der Waals surface area contributed by atoms with Gasteiger partial charge in [0.05, 0.1) is 28.4 Å². The van der Waals surface area contributed by atoms with Crippen LogP contribution in [0.5, 0.6) is 23.0 Å². The fourth-order valence-corrected chi connectivity index (χ4v) is 4.13. The Labute approximate surface area is 198 Å². The van der Waals surface area contributed by atoms with Crippen molar-refractivity contribution in [3.8, 4) is 57.4 Å². The zero-order valence-electron chi connectivity index (χ0n) is 19.3. The fraction of sp³-hybridized carbons (Fsp3) is 0.143. The van der Waals surface area contributed by atoms with Gasteiger partial charge in [0.1, 0.15) is 46.3 Å². The van der Waals surface area contributed by atoms with E-state index in [-0.39, 0.29) is 11.1 Å². The van der Waals surface area contributed by atoms with Gasteiger partial charge in [-0.3, -0.25) is 0 Å². The lowest BCUT2D eigenvalue weighted by Crippen LogP contribution is -2.00. The maximum atomic E-state index is 9.80. The number of nitrogens with zero attached hydrogens (tertiary/aromatic N) is 2. The molecule has 168 valence electrons. The van der Waals surface area contributed by atoms with Crippen LogP contribution >= 0.6 is 0 Å². The van der Waals surface area contributed by atoms with Crippen LogP contribution in [0.15, 0.2) is 60.7 Å². The van der Waals surface area contributed by atoms with Crippen molar-refractivity contribution < 1.29 is 18.9 Å². The molecule has 0 fully saturated rings. The molecule has 6 nitrogen and oxygen atoms in total. The minimum Gasteiger partial charge on any atom is -0.497 e. The van der Waals surface area contributed by atoms with E-state index in [4.69, 9.17) is 18.9 Å². The molecule has 0 atom stereocenters. The molecule has 0 heterocycles. The van der Waals surface area contributed by atoms with Crippen molar-refractivity contribution in [3.05, 3.63) is 71.8 Å². The van der Waals surface area contributed by atoms with Crippen molar-refractivity contribution in [2.45, 2.75) is 0 Å². The summed E-state index contributed by atoms with van der Waals surface area (Å²) in [6, 6.07) is 23.7. The van der Waals surface area contributed by atoms with Crippen LogP contribution in [0.4, 0.5) is 0 Å². The number of hydrogen-bond donors (Lipinski definition) is 0. The van der Waals surface area contributed by atoms with Gasteiger partial charge in [0.25, 0.3) is 0 Å². The van der Waals surface area contributed by atoms with Gasteiger partial charge in [0.15, 0.2) is 0 Å². The maximum absolute atomic E-state index is 9.80. The lowest BCUT2D eigenvalue weighted by atomic mass is 9.89. The first-order chi connectivity index (χ1) is 16.6. The molecule has 0 spiro atoms. The Balaban J connectivity index is 2.14. The van der Waals surface area contributed by atoms with Gasteiger partial charge in [-0.15, -0.1) is 0 Å². The average Bonchev–Trinajstić information content (AvgIpc) is 2.90. The SMILES string of the molecule is COc1ccc(-c2cc3c(OC)c(C#N)c(C#N)c(OC)c3cc2-c2ccc(OC)cc2)cc1. The molecule has 0 aliphatic rings. The minimum absolute atomic E-state index is 0.146. The van der Waals surface area contributed by atoms with Crippen LogP contribution in [-0.4, -0.2) is 28.4 Å². The molecule has 4 aromatic carbocycles. The van der Waals surface area contributed by atoms with Crippen LogP contribution in [0, 0.1) is 22.7 Å². The monoisotopic (exact) mass is 450 g/mol. The largest absolute Gasteiger partial charge is 0.497 e. The molecular weight excluding hydrogens is 428 g/mol. The van der Waals surface area contributed by atoms with Gasteiger partial charge in [-0.1, -0.05) is 24.3 Å². The van der Waals surface area contributed by atoms with Crippen molar-refractivity contribution in [3.63, 3.8) is 0 Å². The van der Waals surface area contributed by atoms with E-state index in [9.17, 15) is 10.5 Å². The van der Waals surface area contributed by atoms with E-state index in [0.29, 0.717) is 22.3 Å². The Kier molecular flexibility index (Phi) is 6.25. The smallest absolute Gasteiger partial charge is 0.146 e. The van der Waals surface area contributed by atoms with E-state index in [1.54, 1.807) is 14.2 Å². The second kappa shape index (κ2) is 9.44. The molecule has 0 aromatic heterocycles. The molecule has 0 N–H and O–H groups in total. The first-order valence-corrected chi connectivity index (χ1v) is 10.4. The first kappa shape index (κ1) is 22.5. The summed E-state index contributed by atoms with van der Waals surface area (Å²) < 4.78 is 21.9. The molecule has 4 aromatic rings. The summed E-state index contributed by atoms with van der Waals surface area (Å²) in [5.41, 5.74) is 4.05. The highest BCUT2D eigenvalue weighted by molar-refractivity contribution is 6.04. The van der Waals surface area contributed by atoms with Crippen molar-refractivity contribution in [1.29, 1.82) is 10.5 Å². The van der Waals surface area contributed by atoms with E-state index < -0.39 is 0 Å². The molecule has 0 unspecified atom stereocenters. The predicted octanol–water partition coefficient (Wildman–Crippen LogP) is 5.95. The van der Waals surface area contributed by atoms with Gasteiger partial charge in [0.2, 0.25) is 0 Å². The van der Waals surface area contributed by atoms with Crippen LogP contribution in [0.1, 0.15) is 11.1 Å². The third kappa shape index (κ3) is 3.72. The molecule has 0 saturated heterocycles. The third-order valence-electron chi connectivity index (χ3n) is 5.78. The number of nitriles is 2. The zero-order valence-corrected chi connectivity index (χ0v) is 19.3. The highest BCUT2D eigenvalue weighted by atomic mass is 16.5. The van der Waals surface area contributed by atoms with Crippen LogP contribution in [-0.2, 0) is 0 Å². The first-order valence-electron chi connectivity index (χ1n) is 10.4. The molecule has 4 rings (SSSR count). The number of ether oxygens (including phenoxy) is 4. The Bertz CT molecular complexity index is 1330. The van der Waals surface area contributed by atoms with Crippen LogP contribution in [0.25, 0.3) is 33.0 Å². The van der Waals surface area contributed by atoms with Crippen molar-refractivity contribution in [1.82, 2.24) is 0 Å². The lowest BCUT2D eigenvalue weighted by molar-refractivity contribution is 0.408. The van der Waals surface area contributed by atoms with E-state index in [0.717, 1.165) is 33.8 Å². The van der Waals surface area contributed by atoms with Crippen LogP contribution in [0.2, 0.25) is 0 Å². The van der Waals surface area contributed by atoms with E-state index in [2.05, 4.69) is 12.1 Å². The summed E-state index contributed by atoms with van der Waals surface area (Å²) in [4.78, 5) is 0. The maximum Gasteiger partial charge on any atom is 0.146 e. The Morgan fingerprint density at radius 2 is 0.882 bits per heavy atom. The molecule has 0 bridgehead atoms. The van der Waals surface area contributed by atoms with Gasteiger partial charge in [-0.25, -0.2) is 0 Å². The summed E-state index contributed by atoms with van der Waals surface area (Å²) in [7, 11) is 6.24. The van der Waals surface area contributed by atoms with Crippen molar-refractivity contribution in [2.24, 2.45) is 0 Å². The molecule has 6 heteroatoms. The summed E-state index contributed by atoms with van der Waals surface area (Å²) >= 11 is 0. The van der Waals surface area contributed by atoms with Gasteiger partial charge >= 0.3 is 0 Å².